The van der Waals surface area contributed by atoms with E-state index in [0.29, 0.717) is 24.6 Å². The topological polar surface area (TPSA) is 51.4 Å². The minimum atomic E-state index is -2.54. The average Bonchev–Trinajstić information content (AvgIpc) is 2.81. The van der Waals surface area contributed by atoms with Gasteiger partial charge in [0.1, 0.15) is 5.69 Å². The Morgan fingerprint density at radius 2 is 2.18 bits per heavy atom. The number of hydrogen-bond acceptors (Lipinski definition) is 5. The lowest BCUT2D eigenvalue weighted by molar-refractivity contribution is 0.0177. The maximum absolute atomic E-state index is 12.8. The zero-order chi connectivity index (χ0) is 12.3. The molecule has 96 valence electrons. The first kappa shape index (κ1) is 12.8. The summed E-state index contributed by atoms with van der Waals surface area (Å²) < 4.78 is 30.8. The monoisotopic (exact) mass is 263 g/mol. The van der Waals surface area contributed by atoms with Crippen molar-refractivity contribution >= 4 is 11.3 Å². The number of nitrogens with zero attached hydrogens (tertiary/aromatic N) is 2. The van der Waals surface area contributed by atoms with Crippen LogP contribution in [0.2, 0.25) is 0 Å². The molecule has 7 heteroatoms. The summed E-state index contributed by atoms with van der Waals surface area (Å²) in [6, 6.07) is -0.171. The van der Waals surface area contributed by atoms with Crippen LogP contribution in [0.25, 0.3) is 0 Å². The third kappa shape index (κ3) is 2.79. The van der Waals surface area contributed by atoms with Crippen molar-refractivity contribution in [2.45, 2.75) is 12.5 Å². The van der Waals surface area contributed by atoms with Gasteiger partial charge < -0.3 is 10.5 Å². The highest BCUT2D eigenvalue weighted by molar-refractivity contribution is 7.09. The van der Waals surface area contributed by atoms with Gasteiger partial charge in [0.05, 0.1) is 29.6 Å². The van der Waals surface area contributed by atoms with Crippen LogP contribution in [0.3, 0.4) is 0 Å². The molecular formula is C10H15F2N3OS. The Morgan fingerprint density at radius 1 is 1.47 bits per heavy atom. The lowest BCUT2D eigenvalue weighted by atomic mass is 10.1. The van der Waals surface area contributed by atoms with Gasteiger partial charge in [0.15, 0.2) is 0 Å². The van der Waals surface area contributed by atoms with Crippen molar-refractivity contribution in [3.63, 3.8) is 0 Å². The molecule has 2 rings (SSSR count). The fraction of sp³-hybridized carbons (Fsp3) is 0.700. The van der Waals surface area contributed by atoms with Crippen LogP contribution in [0.4, 0.5) is 8.78 Å². The lowest BCUT2D eigenvalue weighted by Crippen LogP contribution is -2.41. The first-order chi connectivity index (χ1) is 8.24. The zero-order valence-electron chi connectivity index (χ0n) is 9.31. The predicted molar refractivity (Wildman–Crippen MR) is 61.3 cm³/mol. The van der Waals surface area contributed by atoms with E-state index in [9.17, 15) is 8.78 Å². The Hall–Kier alpha value is -0.630. The molecule has 2 heterocycles. The molecular weight excluding hydrogens is 248 g/mol. The van der Waals surface area contributed by atoms with Gasteiger partial charge in [-0.1, -0.05) is 0 Å². The van der Waals surface area contributed by atoms with Gasteiger partial charge in [0, 0.05) is 19.6 Å². The highest BCUT2D eigenvalue weighted by Crippen LogP contribution is 2.32. The summed E-state index contributed by atoms with van der Waals surface area (Å²) in [6.45, 7) is 3.02. The minimum Gasteiger partial charge on any atom is -0.379 e. The van der Waals surface area contributed by atoms with Crippen LogP contribution < -0.4 is 5.73 Å². The molecule has 0 saturated carbocycles. The molecule has 1 unspecified atom stereocenters. The Labute approximate surface area is 102 Å². The fourth-order valence-corrected chi connectivity index (χ4v) is 2.93. The Bertz CT molecular complexity index is 355. The first-order valence-corrected chi connectivity index (χ1v) is 6.35. The average molecular weight is 263 g/mol. The van der Waals surface area contributed by atoms with Crippen LogP contribution in [0.15, 0.2) is 5.51 Å². The maximum atomic E-state index is 12.8. The van der Waals surface area contributed by atoms with E-state index in [2.05, 4.69) is 9.88 Å². The van der Waals surface area contributed by atoms with Crippen molar-refractivity contribution in [1.82, 2.24) is 9.88 Å². The normalized spacial score (nSPS) is 19.8. The molecule has 4 nitrogen and oxygen atoms in total. The number of rotatable bonds is 4. The van der Waals surface area contributed by atoms with Crippen molar-refractivity contribution in [2.75, 3.05) is 32.8 Å². The summed E-state index contributed by atoms with van der Waals surface area (Å²) in [6.07, 6.45) is -2.54. The molecule has 0 radical (unpaired) electrons. The van der Waals surface area contributed by atoms with Crippen LogP contribution in [-0.2, 0) is 4.74 Å². The number of thiazole rings is 1. The summed E-state index contributed by atoms with van der Waals surface area (Å²) in [5.74, 6) is 0. The first-order valence-electron chi connectivity index (χ1n) is 5.47. The number of morpholine rings is 1. The molecule has 1 aromatic rings. The molecule has 1 fully saturated rings. The van der Waals surface area contributed by atoms with Crippen molar-refractivity contribution < 1.29 is 13.5 Å². The van der Waals surface area contributed by atoms with E-state index >= 15 is 0 Å². The molecule has 0 aliphatic carbocycles. The zero-order valence-corrected chi connectivity index (χ0v) is 10.1. The van der Waals surface area contributed by atoms with Crippen molar-refractivity contribution in [3.8, 4) is 0 Å². The Morgan fingerprint density at radius 3 is 2.76 bits per heavy atom. The summed E-state index contributed by atoms with van der Waals surface area (Å²) >= 11 is 1.25. The van der Waals surface area contributed by atoms with E-state index in [-0.39, 0.29) is 11.7 Å². The summed E-state index contributed by atoms with van der Waals surface area (Å²) in [5.41, 5.74) is 7.05. The molecule has 17 heavy (non-hydrogen) atoms. The Balaban J connectivity index is 2.18. The number of aromatic nitrogens is 1. The van der Waals surface area contributed by atoms with E-state index in [1.807, 2.05) is 0 Å². The van der Waals surface area contributed by atoms with Gasteiger partial charge in [-0.2, -0.15) is 0 Å². The number of nitrogens with two attached hydrogens (primary N) is 1. The van der Waals surface area contributed by atoms with Gasteiger partial charge in [0.25, 0.3) is 6.43 Å². The minimum absolute atomic E-state index is 0.128. The van der Waals surface area contributed by atoms with E-state index in [1.165, 1.54) is 16.8 Å². The molecule has 0 spiro atoms. The lowest BCUT2D eigenvalue weighted by Gasteiger charge is -2.33. The van der Waals surface area contributed by atoms with Crippen LogP contribution in [0, 0.1) is 0 Å². The summed E-state index contributed by atoms with van der Waals surface area (Å²) in [7, 11) is 0. The van der Waals surface area contributed by atoms with E-state index in [1.54, 1.807) is 0 Å². The van der Waals surface area contributed by atoms with Crippen LogP contribution in [0.1, 0.15) is 23.0 Å². The SMILES string of the molecule is NCC(c1scnc1C(F)F)N1CCOCC1. The van der Waals surface area contributed by atoms with Gasteiger partial charge in [-0.25, -0.2) is 13.8 Å². The number of halogens is 2. The molecule has 2 N–H and O–H groups in total. The van der Waals surface area contributed by atoms with Gasteiger partial charge in [-0.15, -0.1) is 11.3 Å². The molecule has 1 atom stereocenters. The second-order valence-corrected chi connectivity index (χ2v) is 4.69. The third-order valence-corrected chi connectivity index (χ3v) is 3.79. The molecule has 0 aromatic carbocycles. The standard InChI is InChI=1S/C10H15F2N3OS/c11-10(12)8-9(17-6-14-8)7(5-13)15-1-3-16-4-2-15/h6-7,10H,1-5,13H2. The van der Waals surface area contributed by atoms with Crippen LogP contribution >= 0.6 is 11.3 Å². The van der Waals surface area contributed by atoms with Gasteiger partial charge in [0.2, 0.25) is 0 Å². The largest absolute Gasteiger partial charge is 0.379 e. The van der Waals surface area contributed by atoms with Gasteiger partial charge in [-0.3, -0.25) is 4.90 Å². The molecule has 1 aliphatic rings. The molecule has 1 aromatic heterocycles. The maximum Gasteiger partial charge on any atom is 0.281 e. The van der Waals surface area contributed by atoms with Crippen molar-refractivity contribution in [2.24, 2.45) is 5.73 Å². The highest BCUT2D eigenvalue weighted by atomic mass is 32.1. The van der Waals surface area contributed by atoms with E-state index < -0.39 is 6.43 Å². The highest BCUT2D eigenvalue weighted by Gasteiger charge is 2.28. The van der Waals surface area contributed by atoms with Crippen LogP contribution in [0.5, 0.6) is 0 Å². The quantitative estimate of drug-likeness (QED) is 0.892. The molecule has 0 bridgehead atoms. The van der Waals surface area contributed by atoms with Gasteiger partial charge >= 0.3 is 0 Å². The van der Waals surface area contributed by atoms with Crippen LogP contribution in [-0.4, -0.2) is 42.7 Å². The molecule has 1 saturated heterocycles. The van der Waals surface area contributed by atoms with Gasteiger partial charge in [-0.05, 0) is 0 Å². The number of ether oxygens (including phenoxy) is 1. The van der Waals surface area contributed by atoms with E-state index in [0.717, 1.165) is 13.1 Å². The van der Waals surface area contributed by atoms with Crippen molar-refractivity contribution in [3.05, 3.63) is 16.1 Å². The smallest absolute Gasteiger partial charge is 0.281 e. The summed E-state index contributed by atoms with van der Waals surface area (Å²) in [4.78, 5) is 6.41. The summed E-state index contributed by atoms with van der Waals surface area (Å²) in [5, 5.41) is 0. The van der Waals surface area contributed by atoms with E-state index in [4.69, 9.17) is 10.5 Å². The second-order valence-electron chi connectivity index (χ2n) is 3.80. The Kier molecular flexibility index (Phi) is 4.38. The fourth-order valence-electron chi connectivity index (χ4n) is 1.99. The number of hydrogen-bond donors (Lipinski definition) is 1. The molecule has 1 aliphatic heterocycles. The molecule has 0 amide bonds. The van der Waals surface area contributed by atoms with Crippen molar-refractivity contribution in [1.29, 1.82) is 0 Å². The number of alkyl halides is 2. The predicted octanol–water partition coefficient (Wildman–Crippen LogP) is 1.41. The third-order valence-electron chi connectivity index (χ3n) is 2.84. The second kappa shape index (κ2) is 5.81.